The number of nitrogens with one attached hydrogen (secondary N) is 2. The molecule has 6 nitrogen and oxygen atoms in total. The number of nitrogens with two attached hydrogens (primary N) is 1. The summed E-state index contributed by atoms with van der Waals surface area (Å²) in [5.74, 6) is 5.89. The number of anilines is 1. The molecule has 0 unspecified atom stereocenters. The van der Waals surface area contributed by atoms with Crippen LogP contribution < -0.4 is 11.1 Å². The molecule has 0 radical (unpaired) electrons. The zero-order chi connectivity index (χ0) is 12.9. The van der Waals surface area contributed by atoms with Gasteiger partial charge in [0.05, 0.1) is 6.54 Å². The zero-order valence-electron chi connectivity index (χ0n) is 10.1. The Bertz CT molecular complexity index is 448. The van der Waals surface area contributed by atoms with Crippen LogP contribution in [-0.4, -0.2) is 28.4 Å². The largest absolute Gasteiger partial charge is 0.444 e. The van der Waals surface area contributed by atoms with Crippen LogP contribution in [0.2, 0.25) is 0 Å². The summed E-state index contributed by atoms with van der Waals surface area (Å²) >= 11 is 0. The molecule has 0 bridgehead atoms. The van der Waals surface area contributed by atoms with Crippen molar-refractivity contribution in [3.05, 3.63) is 11.8 Å². The number of H-pyrrole nitrogens is 1. The quantitative estimate of drug-likeness (QED) is 0.631. The first-order valence-corrected chi connectivity index (χ1v) is 5.13. The fourth-order valence-corrected chi connectivity index (χ4v) is 0.971. The first kappa shape index (κ1) is 12.9. The summed E-state index contributed by atoms with van der Waals surface area (Å²) in [6, 6.07) is 1.61. The third kappa shape index (κ3) is 5.47. The maximum Gasteiger partial charge on any atom is 0.408 e. The number of carbonyl (C=O) groups is 1. The summed E-state index contributed by atoms with van der Waals surface area (Å²) in [6.45, 7) is 5.59. The lowest BCUT2D eigenvalue weighted by Crippen LogP contribution is -2.32. The van der Waals surface area contributed by atoms with Crippen LogP contribution >= 0.6 is 0 Å². The van der Waals surface area contributed by atoms with Crippen LogP contribution in [0.1, 0.15) is 26.5 Å². The number of aromatic amines is 1. The first-order chi connectivity index (χ1) is 7.87. The molecule has 92 valence electrons. The average molecular weight is 236 g/mol. The zero-order valence-corrected chi connectivity index (χ0v) is 10.1. The van der Waals surface area contributed by atoms with Gasteiger partial charge in [-0.2, -0.15) is 5.10 Å². The molecule has 4 N–H and O–H groups in total. The molecule has 0 aliphatic rings. The number of carbonyl (C=O) groups excluding carboxylic acids is 1. The Hall–Kier alpha value is -2.16. The van der Waals surface area contributed by atoms with Crippen molar-refractivity contribution in [1.29, 1.82) is 0 Å². The van der Waals surface area contributed by atoms with E-state index in [1.54, 1.807) is 26.8 Å². The third-order valence-electron chi connectivity index (χ3n) is 1.54. The predicted molar refractivity (Wildman–Crippen MR) is 64.1 cm³/mol. The van der Waals surface area contributed by atoms with Crippen molar-refractivity contribution in [3.63, 3.8) is 0 Å². The molecule has 17 heavy (non-hydrogen) atoms. The van der Waals surface area contributed by atoms with E-state index >= 15 is 0 Å². The van der Waals surface area contributed by atoms with E-state index < -0.39 is 11.7 Å². The molecule has 1 amide bonds. The van der Waals surface area contributed by atoms with Gasteiger partial charge in [-0.05, 0) is 26.7 Å². The minimum atomic E-state index is -0.505. The molecule has 0 aliphatic carbocycles. The Morgan fingerprint density at radius 1 is 1.65 bits per heavy atom. The number of rotatable bonds is 1. The van der Waals surface area contributed by atoms with Gasteiger partial charge in [0, 0.05) is 6.07 Å². The van der Waals surface area contributed by atoms with Crippen molar-refractivity contribution < 1.29 is 9.53 Å². The van der Waals surface area contributed by atoms with Crippen LogP contribution in [0, 0.1) is 11.8 Å². The van der Waals surface area contributed by atoms with E-state index in [1.807, 2.05) is 0 Å². The van der Waals surface area contributed by atoms with Gasteiger partial charge < -0.3 is 15.8 Å². The van der Waals surface area contributed by atoms with Gasteiger partial charge in [-0.3, -0.25) is 5.10 Å². The number of hydrogen-bond donors (Lipinski definition) is 3. The van der Waals surface area contributed by atoms with Gasteiger partial charge >= 0.3 is 6.09 Å². The second-order valence-corrected chi connectivity index (χ2v) is 4.36. The van der Waals surface area contributed by atoms with Crippen LogP contribution in [0.15, 0.2) is 6.07 Å². The van der Waals surface area contributed by atoms with Crippen LogP contribution in [0.25, 0.3) is 0 Å². The summed E-state index contributed by atoms with van der Waals surface area (Å²) in [5, 5.41) is 8.87. The maximum atomic E-state index is 11.2. The summed E-state index contributed by atoms with van der Waals surface area (Å²) in [4.78, 5) is 11.2. The highest BCUT2D eigenvalue weighted by Crippen LogP contribution is 2.05. The highest BCUT2D eigenvalue weighted by Gasteiger charge is 2.14. The third-order valence-corrected chi connectivity index (χ3v) is 1.54. The molecule has 1 rings (SSSR count). The smallest absolute Gasteiger partial charge is 0.408 e. The number of nitrogen functional groups attached to an aromatic ring is 1. The molecular formula is C11H16N4O2. The Balaban J connectivity index is 2.33. The maximum absolute atomic E-state index is 11.2. The first-order valence-electron chi connectivity index (χ1n) is 5.13. The fourth-order valence-electron chi connectivity index (χ4n) is 0.971. The van der Waals surface area contributed by atoms with Crippen LogP contribution in [-0.2, 0) is 4.74 Å². The van der Waals surface area contributed by atoms with Crippen molar-refractivity contribution >= 4 is 11.9 Å². The van der Waals surface area contributed by atoms with Crippen molar-refractivity contribution in [3.8, 4) is 11.8 Å². The Kier molecular flexibility index (Phi) is 3.99. The highest BCUT2D eigenvalue weighted by atomic mass is 16.6. The lowest BCUT2D eigenvalue weighted by atomic mass is 10.2. The second kappa shape index (κ2) is 5.25. The molecule has 0 spiro atoms. The fraction of sp³-hybridized carbons (Fsp3) is 0.455. The molecule has 1 aromatic rings. The van der Waals surface area contributed by atoms with Crippen molar-refractivity contribution in [2.75, 3.05) is 12.3 Å². The van der Waals surface area contributed by atoms with Gasteiger partial charge in [-0.1, -0.05) is 5.92 Å². The number of nitrogens with zero attached hydrogens (tertiary/aromatic N) is 1. The van der Waals surface area contributed by atoms with Crippen molar-refractivity contribution in [2.24, 2.45) is 0 Å². The molecule has 0 atom stereocenters. The van der Waals surface area contributed by atoms with Gasteiger partial charge in [0.15, 0.2) is 0 Å². The molecule has 1 aromatic heterocycles. The summed E-state index contributed by atoms with van der Waals surface area (Å²) in [6.07, 6.45) is -0.490. The predicted octanol–water partition coefficient (Wildman–Crippen LogP) is 0.868. The number of amides is 1. The van der Waals surface area contributed by atoms with Crippen LogP contribution in [0.3, 0.4) is 0 Å². The molecule has 6 heteroatoms. The normalized spacial score (nSPS) is 10.3. The molecule has 0 saturated carbocycles. The summed E-state index contributed by atoms with van der Waals surface area (Å²) in [7, 11) is 0. The minimum absolute atomic E-state index is 0.202. The van der Waals surface area contributed by atoms with Gasteiger partial charge in [-0.25, -0.2) is 4.79 Å². The minimum Gasteiger partial charge on any atom is -0.444 e. The van der Waals surface area contributed by atoms with E-state index in [1.165, 1.54) is 0 Å². The van der Waals surface area contributed by atoms with Gasteiger partial charge in [-0.15, -0.1) is 0 Å². The van der Waals surface area contributed by atoms with E-state index in [9.17, 15) is 4.79 Å². The average Bonchev–Trinajstić information content (AvgIpc) is 2.56. The van der Waals surface area contributed by atoms with Crippen LogP contribution in [0.4, 0.5) is 10.6 Å². The highest BCUT2D eigenvalue weighted by molar-refractivity contribution is 5.68. The Labute approximate surface area is 99.9 Å². The number of ether oxygens (including phenoxy) is 1. The number of aromatic nitrogens is 2. The van der Waals surface area contributed by atoms with E-state index in [4.69, 9.17) is 10.5 Å². The topological polar surface area (TPSA) is 93.0 Å². The van der Waals surface area contributed by atoms with E-state index in [-0.39, 0.29) is 6.54 Å². The second-order valence-electron chi connectivity index (χ2n) is 4.36. The molecule has 0 fully saturated rings. The van der Waals surface area contributed by atoms with E-state index in [0.717, 1.165) is 0 Å². The Morgan fingerprint density at radius 2 is 2.35 bits per heavy atom. The summed E-state index contributed by atoms with van der Waals surface area (Å²) < 4.78 is 5.04. The lowest BCUT2D eigenvalue weighted by Gasteiger charge is -2.18. The van der Waals surface area contributed by atoms with Gasteiger partial charge in [0.1, 0.15) is 17.1 Å². The molecule has 1 heterocycles. The van der Waals surface area contributed by atoms with Crippen LogP contribution in [0.5, 0.6) is 0 Å². The molecule has 0 saturated heterocycles. The Morgan fingerprint density at radius 3 is 2.88 bits per heavy atom. The van der Waals surface area contributed by atoms with Crippen molar-refractivity contribution in [1.82, 2.24) is 15.5 Å². The number of alkyl carbamates (subject to hydrolysis) is 1. The van der Waals surface area contributed by atoms with E-state index in [0.29, 0.717) is 11.5 Å². The van der Waals surface area contributed by atoms with E-state index in [2.05, 4.69) is 27.4 Å². The van der Waals surface area contributed by atoms with Gasteiger partial charge in [0.2, 0.25) is 0 Å². The van der Waals surface area contributed by atoms with Gasteiger partial charge in [0.25, 0.3) is 0 Å². The standard InChI is InChI=1S/C11H16N4O2/c1-11(2,3)17-10(16)13-6-4-5-8-7-9(12)15-14-8/h7H,6H2,1-3H3,(H,13,16)(H3,12,14,15). The SMILES string of the molecule is CC(C)(C)OC(=O)NCC#Cc1cc(N)n[nH]1. The lowest BCUT2D eigenvalue weighted by molar-refractivity contribution is 0.0535. The monoisotopic (exact) mass is 236 g/mol. The summed E-state index contributed by atoms with van der Waals surface area (Å²) in [5.41, 5.74) is 5.50. The molecular weight excluding hydrogens is 220 g/mol. The number of hydrogen-bond acceptors (Lipinski definition) is 4. The molecule has 0 aliphatic heterocycles. The molecule has 0 aromatic carbocycles. The van der Waals surface area contributed by atoms with Crippen molar-refractivity contribution in [2.45, 2.75) is 26.4 Å².